The van der Waals surface area contributed by atoms with E-state index in [0.29, 0.717) is 5.41 Å². The van der Waals surface area contributed by atoms with Crippen molar-refractivity contribution in [3.05, 3.63) is 0 Å². The molecule has 3 aliphatic heterocycles. The summed E-state index contributed by atoms with van der Waals surface area (Å²) >= 11 is 0. The van der Waals surface area contributed by atoms with E-state index < -0.39 is 0 Å². The molecule has 3 heterocycles. The van der Waals surface area contributed by atoms with Gasteiger partial charge >= 0.3 is 0 Å². The highest BCUT2D eigenvalue weighted by molar-refractivity contribution is 5.01. The van der Waals surface area contributed by atoms with E-state index in [1.807, 2.05) is 0 Å². The summed E-state index contributed by atoms with van der Waals surface area (Å²) in [4.78, 5) is 2.76. The number of hydrogen-bond acceptors (Lipinski definition) is 2. The zero-order valence-electron chi connectivity index (χ0n) is 8.39. The zero-order chi connectivity index (χ0) is 8.73. The average Bonchev–Trinajstić information content (AvgIpc) is 2.72. The van der Waals surface area contributed by atoms with E-state index in [1.165, 1.54) is 58.3 Å². The van der Waals surface area contributed by atoms with Gasteiger partial charge in [-0.1, -0.05) is 6.42 Å². The lowest BCUT2D eigenvalue weighted by atomic mass is 9.84. The van der Waals surface area contributed by atoms with Gasteiger partial charge in [-0.2, -0.15) is 0 Å². The summed E-state index contributed by atoms with van der Waals surface area (Å²) in [5.41, 5.74) is 0.689. The molecule has 0 aromatic carbocycles. The molecule has 0 aliphatic carbocycles. The molecular formula is C11H20N2. The lowest BCUT2D eigenvalue weighted by Crippen LogP contribution is -2.35. The van der Waals surface area contributed by atoms with Crippen LogP contribution in [0.15, 0.2) is 0 Å². The van der Waals surface area contributed by atoms with Crippen molar-refractivity contribution < 1.29 is 0 Å². The van der Waals surface area contributed by atoms with Crippen LogP contribution in [0.5, 0.6) is 0 Å². The van der Waals surface area contributed by atoms with Crippen LogP contribution in [0.3, 0.4) is 0 Å². The highest BCUT2D eigenvalue weighted by Gasteiger charge is 2.45. The number of piperidine rings is 1. The molecule has 1 N–H and O–H groups in total. The maximum absolute atomic E-state index is 3.54. The minimum absolute atomic E-state index is 0.689. The van der Waals surface area contributed by atoms with Crippen molar-refractivity contribution in [3.8, 4) is 0 Å². The third-order valence-electron chi connectivity index (χ3n) is 4.29. The van der Waals surface area contributed by atoms with Gasteiger partial charge in [-0.15, -0.1) is 0 Å². The Balaban J connectivity index is 1.74. The predicted octanol–water partition coefficient (Wildman–Crippen LogP) is 1.22. The van der Waals surface area contributed by atoms with Crippen LogP contribution in [0, 0.1) is 5.41 Å². The first-order valence-electron chi connectivity index (χ1n) is 5.83. The Morgan fingerprint density at radius 1 is 1.31 bits per heavy atom. The molecule has 3 fully saturated rings. The maximum Gasteiger partial charge on any atom is 0.0102 e. The Morgan fingerprint density at radius 3 is 3.08 bits per heavy atom. The second-order valence-electron chi connectivity index (χ2n) is 5.25. The van der Waals surface area contributed by atoms with Gasteiger partial charge in [0.1, 0.15) is 0 Å². The van der Waals surface area contributed by atoms with Gasteiger partial charge in [-0.3, -0.25) is 4.90 Å². The van der Waals surface area contributed by atoms with E-state index in [1.54, 1.807) is 0 Å². The molecule has 13 heavy (non-hydrogen) atoms. The number of nitrogens with one attached hydrogen (secondary N) is 1. The molecule has 0 bridgehead atoms. The summed E-state index contributed by atoms with van der Waals surface area (Å²) in [6.45, 7) is 5.33. The molecule has 0 saturated carbocycles. The summed E-state index contributed by atoms with van der Waals surface area (Å²) in [5.74, 6) is 0. The Labute approximate surface area is 80.7 Å². The highest BCUT2D eigenvalue weighted by Crippen LogP contribution is 2.42. The SMILES string of the molecule is C1CCN2CC3(CCNC3)CC2C1. The molecule has 2 unspecified atom stereocenters. The van der Waals surface area contributed by atoms with E-state index in [-0.39, 0.29) is 0 Å². The van der Waals surface area contributed by atoms with Crippen LogP contribution in [0.25, 0.3) is 0 Å². The number of fused-ring (bicyclic) bond motifs is 1. The Hall–Kier alpha value is -0.0800. The van der Waals surface area contributed by atoms with Gasteiger partial charge in [0, 0.05) is 19.1 Å². The van der Waals surface area contributed by atoms with E-state index >= 15 is 0 Å². The molecule has 0 radical (unpaired) electrons. The van der Waals surface area contributed by atoms with Gasteiger partial charge in [-0.25, -0.2) is 0 Å². The summed E-state index contributed by atoms with van der Waals surface area (Å²) in [7, 11) is 0. The quantitative estimate of drug-likeness (QED) is 0.603. The van der Waals surface area contributed by atoms with E-state index in [9.17, 15) is 0 Å². The molecule has 0 aromatic heterocycles. The van der Waals surface area contributed by atoms with Crippen LogP contribution in [-0.4, -0.2) is 37.1 Å². The molecular weight excluding hydrogens is 160 g/mol. The number of nitrogens with zero attached hydrogens (tertiary/aromatic N) is 1. The van der Waals surface area contributed by atoms with Crippen molar-refractivity contribution >= 4 is 0 Å². The second kappa shape index (κ2) is 2.96. The second-order valence-corrected chi connectivity index (χ2v) is 5.25. The smallest absolute Gasteiger partial charge is 0.0102 e. The Bertz CT molecular complexity index is 180. The first-order chi connectivity index (χ1) is 6.38. The number of rotatable bonds is 0. The molecule has 3 aliphatic rings. The minimum Gasteiger partial charge on any atom is -0.316 e. The van der Waals surface area contributed by atoms with Gasteiger partial charge in [-0.05, 0) is 44.2 Å². The van der Waals surface area contributed by atoms with Gasteiger partial charge < -0.3 is 5.32 Å². The van der Waals surface area contributed by atoms with Gasteiger partial charge in [0.25, 0.3) is 0 Å². The third kappa shape index (κ3) is 1.31. The first-order valence-corrected chi connectivity index (χ1v) is 5.83. The van der Waals surface area contributed by atoms with Crippen molar-refractivity contribution in [3.63, 3.8) is 0 Å². The summed E-state index contributed by atoms with van der Waals surface area (Å²) in [5, 5.41) is 3.54. The van der Waals surface area contributed by atoms with Crippen LogP contribution in [0.1, 0.15) is 32.1 Å². The average molecular weight is 180 g/mol. The van der Waals surface area contributed by atoms with Crippen molar-refractivity contribution in [2.45, 2.75) is 38.1 Å². The zero-order valence-corrected chi connectivity index (χ0v) is 8.39. The van der Waals surface area contributed by atoms with Crippen LogP contribution in [-0.2, 0) is 0 Å². The fraction of sp³-hybridized carbons (Fsp3) is 1.00. The van der Waals surface area contributed by atoms with Crippen LogP contribution in [0.4, 0.5) is 0 Å². The summed E-state index contributed by atoms with van der Waals surface area (Å²) in [6, 6.07) is 0.952. The fourth-order valence-electron chi connectivity index (χ4n) is 3.60. The highest BCUT2D eigenvalue weighted by atomic mass is 15.2. The van der Waals surface area contributed by atoms with Gasteiger partial charge in [0.05, 0.1) is 0 Å². The molecule has 3 saturated heterocycles. The molecule has 1 spiro atoms. The monoisotopic (exact) mass is 180 g/mol. The molecule has 74 valence electrons. The van der Waals surface area contributed by atoms with Gasteiger partial charge in [0.15, 0.2) is 0 Å². The molecule has 3 rings (SSSR count). The normalized spacial score (nSPS) is 45.7. The van der Waals surface area contributed by atoms with E-state index in [2.05, 4.69) is 10.2 Å². The maximum atomic E-state index is 3.54. The van der Waals surface area contributed by atoms with Crippen molar-refractivity contribution in [2.24, 2.45) is 5.41 Å². The van der Waals surface area contributed by atoms with Crippen LogP contribution < -0.4 is 5.32 Å². The predicted molar refractivity (Wildman–Crippen MR) is 53.7 cm³/mol. The topological polar surface area (TPSA) is 15.3 Å². The van der Waals surface area contributed by atoms with Crippen molar-refractivity contribution in [2.75, 3.05) is 26.2 Å². The Morgan fingerprint density at radius 2 is 2.31 bits per heavy atom. The van der Waals surface area contributed by atoms with E-state index in [0.717, 1.165) is 6.04 Å². The van der Waals surface area contributed by atoms with E-state index in [4.69, 9.17) is 0 Å². The molecule has 0 amide bonds. The molecule has 0 aromatic rings. The largest absolute Gasteiger partial charge is 0.316 e. The van der Waals surface area contributed by atoms with Crippen molar-refractivity contribution in [1.29, 1.82) is 0 Å². The standard InChI is InChI=1S/C11H20N2/c1-2-6-13-9-11(4-5-12-8-11)7-10(13)3-1/h10,12H,1-9H2. The third-order valence-corrected chi connectivity index (χ3v) is 4.29. The van der Waals surface area contributed by atoms with Crippen LogP contribution in [0.2, 0.25) is 0 Å². The molecule has 2 atom stereocenters. The Kier molecular flexibility index (Phi) is 1.88. The summed E-state index contributed by atoms with van der Waals surface area (Å²) < 4.78 is 0. The molecule has 2 heteroatoms. The lowest BCUT2D eigenvalue weighted by Gasteiger charge is -2.28. The van der Waals surface area contributed by atoms with Gasteiger partial charge in [0.2, 0.25) is 0 Å². The van der Waals surface area contributed by atoms with Crippen LogP contribution >= 0.6 is 0 Å². The summed E-state index contributed by atoms with van der Waals surface area (Å²) in [6.07, 6.45) is 7.31. The lowest BCUT2D eigenvalue weighted by molar-refractivity contribution is 0.191. The number of hydrogen-bond donors (Lipinski definition) is 1. The first kappa shape index (κ1) is 8.25. The fourth-order valence-corrected chi connectivity index (χ4v) is 3.60. The van der Waals surface area contributed by atoms with Crippen molar-refractivity contribution in [1.82, 2.24) is 10.2 Å². The molecule has 2 nitrogen and oxygen atoms in total. The minimum atomic E-state index is 0.689.